The lowest BCUT2D eigenvalue weighted by Crippen LogP contribution is -2.40. The van der Waals surface area contributed by atoms with Gasteiger partial charge in [0.05, 0.1) is 0 Å². The van der Waals surface area contributed by atoms with Crippen LogP contribution in [0.2, 0.25) is 0 Å². The van der Waals surface area contributed by atoms with Gasteiger partial charge in [-0.2, -0.15) is 0 Å². The molecule has 0 bridgehead atoms. The number of rotatable bonds is 2. The third-order valence-electron chi connectivity index (χ3n) is 3.33. The van der Waals surface area contributed by atoms with E-state index in [1.54, 1.807) is 0 Å². The number of likely N-dealkylation sites (tertiary alicyclic amines) is 1. The Morgan fingerprint density at radius 2 is 1.83 bits per heavy atom. The monoisotopic (exact) mass is 380 g/mol. The molecule has 3 nitrogen and oxygen atoms in total. The molecule has 1 amide bonds. The number of benzene rings is 1. The molecule has 1 aromatic carbocycles. The summed E-state index contributed by atoms with van der Waals surface area (Å²) in [6.45, 7) is 2.42. The molecule has 1 aromatic rings. The number of nitrogens with two attached hydrogens (primary N) is 1. The van der Waals surface area contributed by atoms with Crippen LogP contribution in [0.3, 0.4) is 0 Å². The van der Waals surface area contributed by atoms with E-state index < -0.39 is 0 Å². The summed E-state index contributed by atoms with van der Waals surface area (Å²) in [7, 11) is 0. The van der Waals surface area contributed by atoms with Gasteiger partial charge in [-0.25, -0.2) is 0 Å². The van der Waals surface area contributed by atoms with Crippen molar-refractivity contribution in [2.45, 2.75) is 12.8 Å². The van der Waals surface area contributed by atoms with Crippen molar-refractivity contribution in [1.29, 1.82) is 0 Å². The van der Waals surface area contributed by atoms with Gasteiger partial charge in [0.15, 0.2) is 0 Å². The molecule has 1 heterocycles. The Kier molecular flexibility index (Phi) is 6.38. The summed E-state index contributed by atoms with van der Waals surface area (Å²) in [4.78, 5) is 14.1. The summed E-state index contributed by atoms with van der Waals surface area (Å²) in [5.41, 5.74) is 6.44. The highest BCUT2D eigenvalue weighted by atomic mass is 127. The van der Waals surface area contributed by atoms with Gasteiger partial charge in [0.1, 0.15) is 0 Å². The third-order valence-corrected chi connectivity index (χ3v) is 4.05. The topological polar surface area (TPSA) is 46.3 Å². The highest BCUT2D eigenvalue weighted by molar-refractivity contribution is 14.1. The Morgan fingerprint density at radius 1 is 1.28 bits per heavy atom. The second-order valence-corrected chi connectivity index (χ2v) is 5.72. The summed E-state index contributed by atoms with van der Waals surface area (Å²) < 4.78 is 1.15. The molecular weight excluding hydrogens is 363 g/mol. The molecule has 1 saturated heterocycles. The summed E-state index contributed by atoms with van der Waals surface area (Å²) in [5.74, 6) is 0.743. The average molecular weight is 381 g/mol. The standard InChI is InChI=1S/C13H17IN2O.ClH/c14-12-3-1-11(2-4-12)13(17)16-7-5-10(9-15)6-8-16;/h1-4,10H,5-9,15H2;1H. The quantitative estimate of drug-likeness (QED) is 0.802. The van der Waals surface area contributed by atoms with E-state index in [2.05, 4.69) is 22.6 Å². The van der Waals surface area contributed by atoms with Crippen molar-refractivity contribution in [3.8, 4) is 0 Å². The summed E-state index contributed by atoms with van der Waals surface area (Å²) in [6.07, 6.45) is 2.07. The maximum atomic E-state index is 12.2. The molecule has 0 atom stereocenters. The van der Waals surface area contributed by atoms with E-state index in [1.807, 2.05) is 29.2 Å². The fourth-order valence-electron chi connectivity index (χ4n) is 2.15. The number of hydrogen-bond acceptors (Lipinski definition) is 2. The van der Waals surface area contributed by atoms with Crippen molar-refractivity contribution in [3.63, 3.8) is 0 Å². The van der Waals surface area contributed by atoms with Gasteiger partial charge in [-0.3, -0.25) is 4.79 Å². The highest BCUT2D eigenvalue weighted by Crippen LogP contribution is 2.18. The molecule has 0 aromatic heterocycles. The van der Waals surface area contributed by atoms with Crippen LogP contribution in [0.25, 0.3) is 0 Å². The van der Waals surface area contributed by atoms with Gasteiger partial charge in [0.2, 0.25) is 0 Å². The zero-order chi connectivity index (χ0) is 12.3. The molecule has 0 unspecified atom stereocenters. The van der Waals surface area contributed by atoms with Gasteiger partial charge >= 0.3 is 0 Å². The van der Waals surface area contributed by atoms with E-state index in [0.717, 1.165) is 41.6 Å². The first-order chi connectivity index (χ1) is 8.20. The molecule has 0 radical (unpaired) electrons. The number of hydrogen-bond donors (Lipinski definition) is 1. The number of halogens is 2. The smallest absolute Gasteiger partial charge is 0.253 e. The minimum atomic E-state index is 0. The maximum absolute atomic E-state index is 12.2. The maximum Gasteiger partial charge on any atom is 0.253 e. The van der Waals surface area contributed by atoms with E-state index in [1.165, 1.54) is 0 Å². The summed E-state index contributed by atoms with van der Waals surface area (Å²) >= 11 is 2.24. The van der Waals surface area contributed by atoms with Crippen molar-refractivity contribution < 1.29 is 4.79 Å². The number of carbonyl (C=O) groups is 1. The normalized spacial score (nSPS) is 16.2. The minimum absolute atomic E-state index is 0. The van der Waals surface area contributed by atoms with E-state index in [0.29, 0.717) is 5.92 Å². The molecule has 0 saturated carbocycles. The first-order valence-corrected chi connectivity index (χ1v) is 7.03. The van der Waals surface area contributed by atoms with Crippen LogP contribution in [0.1, 0.15) is 23.2 Å². The van der Waals surface area contributed by atoms with E-state index >= 15 is 0 Å². The Bertz CT molecular complexity index is 388. The van der Waals surface area contributed by atoms with Gasteiger partial charge in [0, 0.05) is 22.2 Å². The zero-order valence-electron chi connectivity index (χ0n) is 10.1. The van der Waals surface area contributed by atoms with Crippen LogP contribution in [-0.2, 0) is 0 Å². The summed E-state index contributed by atoms with van der Waals surface area (Å²) in [6, 6.07) is 7.75. The number of piperidine rings is 1. The lowest BCUT2D eigenvalue weighted by atomic mass is 9.96. The average Bonchev–Trinajstić information content (AvgIpc) is 2.39. The molecule has 1 aliphatic rings. The Morgan fingerprint density at radius 3 is 2.33 bits per heavy atom. The second kappa shape index (κ2) is 7.31. The fraction of sp³-hybridized carbons (Fsp3) is 0.462. The third kappa shape index (κ3) is 3.83. The molecule has 0 spiro atoms. The largest absolute Gasteiger partial charge is 0.339 e. The number of nitrogens with zero attached hydrogens (tertiary/aromatic N) is 1. The molecule has 1 aliphatic heterocycles. The van der Waals surface area contributed by atoms with E-state index in [4.69, 9.17) is 5.73 Å². The van der Waals surface area contributed by atoms with Gasteiger partial charge < -0.3 is 10.6 Å². The van der Waals surface area contributed by atoms with Crippen LogP contribution in [0, 0.1) is 9.49 Å². The van der Waals surface area contributed by atoms with Crippen molar-refractivity contribution in [2.24, 2.45) is 11.7 Å². The molecule has 100 valence electrons. The van der Waals surface area contributed by atoms with Gasteiger partial charge in [-0.1, -0.05) is 0 Å². The molecule has 2 N–H and O–H groups in total. The predicted octanol–water partition coefficient (Wildman–Crippen LogP) is 2.52. The lowest BCUT2D eigenvalue weighted by molar-refractivity contribution is 0.0693. The molecule has 18 heavy (non-hydrogen) atoms. The molecule has 5 heteroatoms. The van der Waals surface area contributed by atoms with Crippen molar-refractivity contribution >= 4 is 40.9 Å². The second-order valence-electron chi connectivity index (χ2n) is 4.48. The Labute approximate surface area is 128 Å². The van der Waals surface area contributed by atoms with Gasteiger partial charge in [-0.15, -0.1) is 12.4 Å². The zero-order valence-corrected chi connectivity index (χ0v) is 13.1. The molecule has 0 aliphatic carbocycles. The van der Waals surface area contributed by atoms with Gasteiger partial charge in [0.25, 0.3) is 5.91 Å². The Hall–Kier alpha value is -0.330. The van der Waals surface area contributed by atoms with Crippen LogP contribution < -0.4 is 5.73 Å². The lowest BCUT2D eigenvalue weighted by Gasteiger charge is -2.31. The van der Waals surface area contributed by atoms with E-state index in [-0.39, 0.29) is 18.3 Å². The first-order valence-electron chi connectivity index (χ1n) is 5.95. The van der Waals surface area contributed by atoms with Crippen molar-refractivity contribution in [2.75, 3.05) is 19.6 Å². The fourth-order valence-corrected chi connectivity index (χ4v) is 2.51. The van der Waals surface area contributed by atoms with Crippen LogP contribution in [0.4, 0.5) is 0 Å². The predicted molar refractivity (Wildman–Crippen MR) is 84.1 cm³/mol. The minimum Gasteiger partial charge on any atom is -0.339 e. The van der Waals surface area contributed by atoms with Crippen molar-refractivity contribution in [3.05, 3.63) is 33.4 Å². The van der Waals surface area contributed by atoms with Gasteiger partial charge in [-0.05, 0) is 72.2 Å². The van der Waals surface area contributed by atoms with Crippen LogP contribution in [0.5, 0.6) is 0 Å². The Balaban J connectivity index is 0.00000162. The molecule has 1 fully saturated rings. The van der Waals surface area contributed by atoms with Crippen LogP contribution >= 0.6 is 35.0 Å². The first kappa shape index (κ1) is 15.7. The summed E-state index contributed by atoms with van der Waals surface area (Å²) in [5, 5.41) is 0. The molecular formula is C13H18ClIN2O. The van der Waals surface area contributed by atoms with Crippen LogP contribution in [0.15, 0.2) is 24.3 Å². The van der Waals surface area contributed by atoms with Crippen molar-refractivity contribution in [1.82, 2.24) is 4.90 Å². The van der Waals surface area contributed by atoms with E-state index in [9.17, 15) is 4.79 Å². The highest BCUT2D eigenvalue weighted by Gasteiger charge is 2.22. The number of amides is 1. The molecule has 2 rings (SSSR count). The SMILES string of the molecule is Cl.NCC1CCN(C(=O)c2ccc(I)cc2)CC1. The number of carbonyl (C=O) groups excluding carboxylic acids is 1. The van der Waals surface area contributed by atoms with Crippen LogP contribution in [-0.4, -0.2) is 30.4 Å².